The zero-order chi connectivity index (χ0) is 11.8. The number of Topliss-reactive ketones (excluding diaryl/α,β-unsaturated/α-hetero) is 1. The topological polar surface area (TPSA) is 63.6 Å². The van der Waals surface area contributed by atoms with Gasteiger partial charge in [0, 0.05) is 5.56 Å². The number of carbonyl (C=O) groups excluding carboxylic acids is 1. The molecule has 1 aromatic rings. The summed E-state index contributed by atoms with van der Waals surface area (Å²) in [5.74, 6) is -0.673. The SMILES string of the molecule is COc1ccc(C(=O)C2(C(=O)O)CC2)cc1. The van der Waals surface area contributed by atoms with Crippen LogP contribution in [0, 0.1) is 5.41 Å². The van der Waals surface area contributed by atoms with Crippen LogP contribution in [-0.4, -0.2) is 24.0 Å². The molecule has 1 aliphatic carbocycles. The summed E-state index contributed by atoms with van der Waals surface area (Å²) in [5, 5.41) is 8.99. The molecule has 0 amide bonds. The Morgan fingerprint density at radius 2 is 1.81 bits per heavy atom. The highest BCUT2D eigenvalue weighted by molar-refractivity contribution is 6.14. The molecule has 0 aliphatic heterocycles. The second-order valence-electron chi connectivity index (χ2n) is 3.94. The van der Waals surface area contributed by atoms with Crippen molar-refractivity contribution in [2.24, 2.45) is 5.41 Å². The lowest BCUT2D eigenvalue weighted by Gasteiger charge is -2.08. The highest BCUT2D eigenvalue weighted by Gasteiger charge is 2.56. The summed E-state index contributed by atoms with van der Waals surface area (Å²) in [4.78, 5) is 22.9. The first kappa shape index (κ1) is 10.7. The summed E-state index contributed by atoms with van der Waals surface area (Å²) in [5.41, 5.74) is -0.727. The third-order valence-electron chi connectivity index (χ3n) is 2.95. The van der Waals surface area contributed by atoms with Crippen molar-refractivity contribution >= 4 is 11.8 Å². The molecule has 1 aromatic carbocycles. The molecule has 4 heteroatoms. The molecule has 0 bridgehead atoms. The van der Waals surface area contributed by atoms with Gasteiger partial charge >= 0.3 is 5.97 Å². The maximum absolute atomic E-state index is 11.9. The largest absolute Gasteiger partial charge is 0.497 e. The van der Waals surface area contributed by atoms with Crippen molar-refractivity contribution in [3.8, 4) is 5.75 Å². The number of hydrogen-bond acceptors (Lipinski definition) is 3. The lowest BCUT2D eigenvalue weighted by Crippen LogP contribution is -2.25. The van der Waals surface area contributed by atoms with E-state index in [-0.39, 0.29) is 5.78 Å². The maximum Gasteiger partial charge on any atom is 0.317 e. The normalized spacial score (nSPS) is 16.6. The molecule has 0 unspecified atom stereocenters. The van der Waals surface area contributed by atoms with Crippen molar-refractivity contribution < 1.29 is 19.4 Å². The molecule has 1 fully saturated rings. The standard InChI is InChI=1S/C12H12O4/c1-16-9-4-2-8(3-5-9)10(13)12(6-7-12)11(14)15/h2-5H,6-7H2,1H3,(H,14,15). The van der Waals surface area contributed by atoms with Crippen LogP contribution in [0.4, 0.5) is 0 Å². The van der Waals surface area contributed by atoms with Crippen molar-refractivity contribution in [3.05, 3.63) is 29.8 Å². The van der Waals surface area contributed by atoms with E-state index in [1.54, 1.807) is 24.3 Å². The van der Waals surface area contributed by atoms with Gasteiger partial charge in [-0.1, -0.05) is 0 Å². The van der Waals surface area contributed by atoms with Crippen LogP contribution in [0.25, 0.3) is 0 Å². The molecule has 16 heavy (non-hydrogen) atoms. The van der Waals surface area contributed by atoms with Gasteiger partial charge in [0.05, 0.1) is 7.11 Å². The van der Waals surface area contributed by atoms with E-state index >= 15 is 0 Å². The third-order valence-corrected chi connectivity index (χ3v) is 2.95. The number of aliphatic carboxylic acids is 1. The number of benzene rings is 1. The summed E-state index contributed by atoms with van der Waals surface area (Å²) in [6, 6.07) is 6.52. The van der Waals surface area contributed by atoms with E-state index in [9.17, 15) is 9.59 Å². The number of carboxylic acid groups (broad SMARTS) is 1. The van der Waals surface area contributed by atoms with Crippen molar-refractivity contribution in [2.45, 2.75) is 12.8 Å². The highest BCUT2D eigenvalue weighted by Crippen LogP contribution is 2.48. The Balaban J connectivity index is 2.25. The fraction of sp³-hybridized carbons (Fsp3) is 0.333. The Labute approximate surface area is 92.8 Å². The Kier molecular flexibility index (Phi) is 2.42. The monoisotopic (exact) mass is 220 g/mol. The molecule has 0 aromatic heterocycles. The molecule has 0 radical (unpaired) electrons. The minimum atomic E-state index is -1.16. The summed E-state index contributed by atoms with van der Waals surface area (Å²) >= 11 is 0. The Morgan fingerprint density at radius 1 is 1.25 bits per heavy atom. The van der Waals surface area contributed by atoms with Crippen molar-refractivity contribution in [2.75, 3.05) is 7.11 Å². The van der Waals surface area contributed by atoms with E-state index in [1.807, 2.05) is 0 Å². The number of ether oxygens (including phenoxy) is 1. The number of methoxy groups -OCH3 is 1. The Hall–Kier alpha value is -1.84. The Bertz CT molecular complexity index is 429. The molecular formula is C12H12O4. The molecular weight excluding hydrogens is 208 g/mol. The predicted octanol–water partition coefficient (Wildman–Crippen LogP) is 1.74. The zero-order valence-electron chi connectivity index (χ0n) is 8.90. The predicted molar refractivity (Wildman–Crippen MR) is 56.6 cm³/mol. The van der Waals surface area contributed by atoms with Crippen LogP contribution >= 0.6 is 0 Å². The first-order valence-electron chi connectivity index (χ1n) is 5.02. The fourth-order valence-electron chi connectivity index (χ4n) is 1.68. The average molecular weight is 220 g/mol. The molecule has 84 valence electrons. The molecule has 0 heterocycles. The van der Waals surface area contributed by atoms with Crippen molar-refractivity contribution in [1.82, 2.24) is 0 Å². The van der Waals surface area contributed by atoms with Gasteiger partial charge < -0.3 is 9.84 Å². The van der Waals surface area contributed by atoms with Gasteiger partial charge in [-0.25, -0.2) is 0 Å². The Morgan fingerprint density at radius 3 is 2.19 bits per heavy atom. The van der Waals surface area contributed by atoms with Crippen LogP contribution in [-0.2, 0) is 4.79 Å². The summed E-state index contributed by atoms with van der Waals surface area (Å²) in [7, 11) is 1.54. The lowest BCUT2D eigenvalue weighted by molar-refractivity contribution is -0.141. The van der Waals surface area contributed by atoms with Crippen LogP contribution in [0.15, 0.2) is 24.3 Å². The van der Waals surface area contributed by atoms with Gasteiger partial charge in [-0.2, -0.15) is 0 Å². The summed E-state index contributed by atoms with van der Waals surface area (Å²) in [6.45, 7) is 0. The number of ketones is 1. The van der Waals surface area contributed by atoms with Gasteiger partial charge in [0.25, 0.3) is 0 Å². The summed E-state index contributed by atoms with van der Waals surface area (Å²) < 4.78 is 4.97. The minimum absolute atomic E-state index is 0.303. The number of rotatable bonds is 4. The van der Waals surface area contributed by atoms with Crippen molar-refractivity contribution in [3.63, 3.8) is 0 Å². The van der Waals surface area contributed by atoms with Gasteiger partial charge in [-0.05, 0) is 37.1 Å². The zero-order valence-corrected chi connectivity index (χ0v) is 8.90. The van der Waals surface area contributed by atoms with Crippen LogP contribution < -0.4 is 4.74 Å². The van der Waals surface area contributed by atoms with E-state index in [4.69, 9.17) is 9.84 Å². The van der Waals surface area contributed by atoms with E-state index in [0.717, 1.165) is 0 Å². The van der Waals surface area contributed by atoms with Gasteiger partial charge in [0.2, 0.25) is 0 Å². The molecule has 1 aliphatic rings. The van der Waals surface area contributed by atoms with Crippen molar-refractivity contribution in [1.29, 1.82) is 0 Å². The first-order valence-corrected chi connectivity index (χ1v) is 5.02. The molecule has 1 saturated carbocycles. The second-order valence-corrected chi connectivity index (χ2v) is 3.94. The molecule has 0 spiro atoms. The minimum Gasteiger partial charge on any atom is -0.497 e. The van der Waals surface area contributed by atoms with E-state index < -0.39 is 11.4 Å². The number of hydrogen-bond donors (Lipinski definition) is 1. The fourth-order valence-corrected chi connectivity index (χ4v) is 1.68. The quantitative estimate of drug-likeness (QED) is 0.620. The first-order chi connectivity index (χ1) is 7.60. The third kappa shape index (κ3) is 1.56. The summed E-state index contributed by atoms with van der Waals surface area (Å²) in [6.07, 6.45) is 0.875. The smallest absolute Gasteiger partial charge is 0.317 e. The molecule has 2 rings (SSSR count). The van der Waals surface area contributed by atoms with Gasteiger partial charge in [0.1, 0.15) is 11.2 Å². The van der Waals surface area contributed by atoms with Gasteiger partial charge in [-0.3, -0.25) is 9.59 Å². The molecule has 0 saturated heterocycles. The van der Waals surface area contributed by atoms with E-state index in [2.05, 4.69) is 0 Å². The van der Waals surface area contributed by atoms with E-state index in [0.29, 0.717) is 24.2 Å². The van der Waals surface area contributed by atoms with Crippen LogP contribution in [0.2, 0.25) is 0 Å². The molecule has 1 N–H and O–H groups in total. The number of carboxylic acids is 1. The van der Waals surface area contributed by atoms with Gasteiger partial charge in [-0.15, -0.1) is 0 Å². The molecule has 0 atom stereocenters. The van der Waals surface area contributed by atoms with Gasteiger partial charge in [0.15, 0.2) is 5.78 Å². The van der Waals surface area contributed by atoms with Crippen LogP contribution in [0.5, 0.6) is 5.75 Å². The highest BCUT2D eigenvalue weighted by atomic mass is 16.5. The second kappa shape index (κ2) is 3.63. The number of carbonyl (C=O) groups is 2. The molecule has 4 nitrogen and oxygen atoms in total. The maximum atomic E-state index is 11.9. The lowest BCUT2D eigenvalue weighted by atomic mass is 9.95. The average Bonchev–Trinajstić information content (AvgIpc) is 3.09. The van der Waals surface area contributed by atoms with E-state index in [1.165, 1.54) is 7.11 Å². The van der Waals surface area contributed by atoms with Crippen LogP contribution in [0.3, 0.4) is 0 Å². The van der Waals surface area contributed by atoms with Crippen LogP contribution in [0.1, 0.15) is 23.2 Å².